The first-order chi connectivity index (χ1) is 16.2. The Morgan fingerprint density at radius 1 is 0.727 bits per heavy atom. The molecule has 0 aliphatic heterocycles. The second kappa shape index (κ2) is 25.5. The molecule has 0 saturated carbocycles. The van der Waals surface area contributed by atoms with Gasteiger partial charge in [-0.15, -0.1) is 0 Å². The standard InChI is InChI=1S/C29H55NO3/c1-3-5-7-9-11-13-15-17-19-21-23-25-29(33)30-27(26-31)28(32)24-22-20-18-16-14-12-10-8-6-4-2/h18,20,22,24,27-28,31-32H,3-17,19,21,23,25-26H2,1-2H3,(H,30,33)/b20-18+,24-22+/t27-,28+/m0/s1. The smallest absolute Gasteiger partial charge is 0.220 e. The third-order valence-electron chi connectivity index (χ3n) is 6.24. The van der Waals surface area contributed by atoms with E-state index in [9.17, 15) is 15.0 Å². The van der Waals surface area contributed by atoms with Crippen molar-refractivity contribution in [3.63, 3.8) is 0 Å². The highest BCUT2D eigenvalue weighted by atomic mass is 16.3. The van der Waals surface area contributed by atoms with E-state index in [4.69, 9.17) is 0 Å². The number of carbonyl (C=O) groups excluding carboxylic acids is 1. The number of hydrogen-bond acceptors (Lipinski definition) is 3. The molecule has 0 aliphatic rings. The lowest BCUT2D eigenvalue weighted by atomic mass is 10.0. The number of hydrogen-bond donors (Lipinski definition) is 3. The summed E-state index contributed by atoms with van der Waals surface area (Å²) in [5, 5.41) is 22.6. The summed E-state index contributed by atoms with van der Waals surface area (Å²) >= 11 is 0. The number of nitrogens with one attached hydrogen (secondary N) is 1. The Kier molecular flexibility index (Phi) is 24.6. The van der Waals surface area contributed by atoms with Crippen LogP contribution >= 0.6 is 0 Å². The minimum absolute atomic E-state index is 0.0870. The van der Waals surface area contributed by atoms with Gasteiger partial charge in [0, 0.05) is 6.42 Å². The number of aliphatic hydroxyl groups excluding tert-OH is 2. The van der Waals surface area contributed by atoms with E-state index in [1.165, 1.54) is 96.3 Å². The van der Waals surface area contributed by atoms with Gasteiger partial charge in [0.25, 0.3) is 0 Å². The predicted octanol–water partition coefficient (Wildman–Crippen LogP) is 7.39. The third-order valence-corrected chi connectivity index (χ3v) is 6.24. The van der Waals surface area contributed by atoms with E-state index in [1.807, 2.05) is 6.08 Å². The molecule has 0 fully saturated rings. The lowest BCUT2D eigenvalue weighted by Crippen LogP contribution is -2.45. The highest BCUT2D eigenvalue weighted by molar-refractivity contribution is 5.76. The van der Waals surface area contributed by atoms with Crippen LogP contribution in [0, 0.1) is 0 Å². The molecule has 0 rings (SSSR count). The molecule has 33 heavy (non-hydrogen) atoms. The average molecular weight is 466 g/mol. The van der Waals surface area contributed by atoms with Crippen molar-refractivity contribution in [3.8, 4) is 0 Å². The Bertz CT molecular complexity index is 475. The van der Waals surface area contributed by atoms with Gasteiger partial charge in [-0.05, 0) is 19.3 Å². The SMILES string of the molecule is CCCCCCCC/C=C/C=C/[C@@H](O)[C@H](CO)NC(=O)CCCCCCCCCCCCC. The first-order valence-corrected chi connectivity index (χ1v) is 14.1. The van der Waals surface area contributed by atoms with Gasteiger partial charge in [0.2, 0.25) is 5.91 Å². The highest BCUT2D eigenvalue weighted by Gasteiger charge is 2.17. The van der Waals surface area contributed by atoms with Gasteiger partial charge in [-0.25, -0.2) is 0 Å². The molecule has 0 aromatic rings. The summed E-state index contributed by atoms with van der Waals surface area (Å²) in [4.78, 5) is 12.1. The van der Waals surface area contributed by atoms with E-state index in [0.29, 0.717) is 6.42 Å². The van der Waals surface area contributed by atoms with Crippen LogP contribution in [0.2, 0.25) is 0 Å². The fourth-order valence-electron chi connectivity index (χ4n) is 4.00. The average Bonchev–Trinajstić information content (AvgIpc) is 2.82. The van der Waals surface area contributed by atoms with E-state index in [-0.39, 0.29) is 12.5 Å². The Morgan fingerprint density at radius 3 is 1.73 bits per heavy atom. The predicted molar refractivity (Wildman–Crippen MR) is 142 cm³/mol. The zero-order chi connectivity index (χ0) is 24.4. The zero-order valence-electron chi connectivity index (χ0n) is 21.9. The second-order valence-corrected chi connectivity index (χ2v) is 9.50. The molecular weight excluding hydrogens is 410 g/mol. The normalized spacial score (nSPS) is 13.7. The number of aliphatic hydroxyl groups is 2. The maximum Gasteiger partial charge on any atom is 0.220 e. The third kappa shape index (κ3) is 22.4. The number of carbonyl (C=O) groups is 1. The maximum atomic E-state index is 12.1. The Balaban J connectivity index is 3.78. The summed E-state index contributed by atoms with van der Waals surface area (Å²) in [6, 6.07) is -0.645. The molecule has 3 N–H and O–H groups in total. The topological polar surface area (TPSA) is 69.6 Å². The quantitative estimate of drug-likeness (QED) is 0.103. The van der Waals surface area contributed by atoms with E-state index >= 15 is 0 Å². The molecule has 0 bridgehead atoms. The summed E-state index contributed by atoms with van der Waals surface area (Å²) in [5.41, 5.74) is 0. The van der Waals surface area contributed by atoms with Crippen molar-refractivity contribution in [3.05, 3.63) is 24.3 Å². The molecular formula is C29H55NO3. The van der Waals surface area contributed by atoms with Crippen molar-refractivity contribution in [2.75, 3.05) is 6.61 Å². The van der Waals surface area contributed by atoms with Crippen LogP contribution in [0.3, 0.4) is 0 Å². The van der Waals surface area contributed by atoms with Crippen LogP contribution in [0.4, 0.5) is 0 Å². The summed E-state index contributed by atoms with van der Waals surface area (Å²) < 4.78 is 0. The molecule has 0 aromatic heterocycles. The van der Waals surface area contributed by atoms with Crippen LogP contribution in [0.1, 0.15) is 136 Å². The highest BCUT2D eigenvalue weighted by Crippen LogP contribution is 2.12. The molecule has 0 unspecified atom stereocenters. The lowest BCUT2D eigenvalue weighted by molar-refractivity contribution is -0.123. The van der Waals surface area contributed by atoms with Crippen molar-refractivity contribution in [2.45, 2.75) is 148 Å². The van der Waals surface area contributed by atoms with Gasteiger partial charge in [0.15, 0.2) is 0 Å². The summed E-state index contributed by atoms with van der Waals surface area (Å²) in [6.07, 6.45) is 29.6. The van der Waals surface area contributed by atoms with Crippen LogP contribution in [-0.4, -0.2) is 34.9 Å². The molecule has 2 atom stereocenters. The van der Waals surface area contributed by atoms with Gasteiger partial charge in [-0.3, -0.25) is 4.79 Å². The van der Waals surface area contributed by atoms with Crippen molar-refractivity contribution >= 4 is 5.91 Å². The monoisotopic (exact) mass is 465 g/mol. The minimum atomic E-state index is -0.880. The molecule has 4 nitrogen and oxygen atoms in total. The van der Waals surface area contributed by atoms with E-state index in [0.717, 1.165) is 19.3 Å². The van der Waals surface area contributed by atoms with Crippen molar-refractivity contribution < 1.29 is 15.0 Å². The number of allylic oxidation sites excluding steroid dienone is 3. The Labute approximate surface area is 205 Å². The van der Waals surface area contributed by atoms with Crippen LogP contribution in [-0.2, 0) is 4.79 Å². The van der Waals surface area contributed by atoms with E-state index in [1.54, 1.807) is 12.2 Å². The van der Waals surface area contributed by atoms with Crippen LogP contribution in [0.15, 0.2) is 24.3 Å². The molecule has 0 aromatic carbocycles. The fraction of sp³-hybridized carbons (Fsp3) is 0.828. The molecule has 0 radical (unpaired) electrons. The fourth-order valence-corrected chi connectivity index (χ4v) is 4.00. The first kappa shape index (κ1) is 31.9. The molecule has 4 heteroatoms. The number of unbranched alkanes of at least 4 members (excludes halogenated alkanes) is 16. The van der Waals surface area contributed by atoms with Gasteiger partial charge < -0.3 is 15.5 Å². The minimum Gasteiger partial charge on any atom is -0.394 e. The largest absolute Gasteiger partial charge is 0.394 e. The number of rotatable bonds is 24. The van der Waals surface area contributed by atoms with Crippen LogP contribution < -0.4 is 5.32 Å². The Hall–Kier alpha value is -1.13. The van der Waals surface area contributed by atoms with Crippen molar-refractivity contribution in [1.29, 1.82) is 0 Å². The van der Waals surface area contributed by atoms with E-state index < -0.39 is 12.1 Å². The lowest BCUT2D eigenvalue weighted by Gasteiger charge is -2.19. The van der Waals surface area contributed by atoms with Crippen LogP contribution in [0.25, 0.3) is 0 Å². The van der Waals surface area contributed by atoms with E-state index in [2.05, 4.69) is 25.2 Å². The number of amides is 1. The summed E-state index contributed by atoms with van der Waals surface area (Å²) in [6.45, 7) is 4.22. The second-order valence-electron chi connectivity index (χ2n) is 9.50. The molecule has 0 aliphatic carbocycles. The van der Waals surface area contributed by atoms with Gasteiger partial charge in [0.1, 0.15) is 0 Å². The van der Waals surface area contributed by atoms with Gasteiger partial charge in [-0.2, -0.15) is 0 Å². The maximum absolute atomic E-state index is 12.1. The molecule has 1 amide bonds. The van der Waals surface area contributed by atoms with Gasteiger partial charge in [0.05, 0.1) is 18.8 Å². The van der Waals surface area contributed by atoms with Crippen molar-refractivity contribution in [1.82, 2.24) is 5.32 Å². The summed E-state index contributed by atoms with van der Waals surface area (Å²) in [7, 11) is 0. The molecule has 0 spiro atoms. The molecule has 194 valence electrons. The zero-order valence-corrected chi connectivity index (χ0v) is 21.9. The molecule has 0 heterocycles. The molecule has 0 saturated heterocycles. The summed E-state index contributed by atoms with van der Waals surface area (Å²) in [5.74, 6) is -0.0870. The van der Waals surface area contributed by atoms with Crippen LogP contribution in [0.5, 0.6) is 0 Å². The first-order valence-electron chi connectivity index (χ1n) is 14.1. The van der Waals surface area contributed by atoms with Crippen molar-refractivity contribution in [2.24, 2.45) is 0 Å². The van der Waals surface area contributed by atoms with Gasteiger partial charge in [-0.1, -0.05) is 134 Å². The Morgan fingerprint density at radius 2 is 1.21 bits per heavy atom. The van der Waals surface area contributed by atoms with Gasteiger partial charge >= 0.3 is 0 Å².